The first-order valence-electron chi connectivity index (χ1n) is 3.79. The van der Waals surface area contributed by atoms with Gasteiger partial charge in [0.25, 0.3) is 0 Å². The first-order valence-corrected chi connectivity index (χ1v) is 5.66. The molecular formula is C9H5BrFIN2. The summed E-state index contributed by atoms with van der Waals surface area (Å²) in [7, 11) is 0. The highest BCUT2D eigenvalue weighted by Gasteiger charge is 2.14. The van der Waals surface area contributed by atoms with E-state index in [9.17, 15) is 4.39 Å². The highest BCUT2D eigenvalue weighted by Crippen LogP contribution is 2.34. The van der Waals surface area contributed by atoms with Crippen molar-refractivity contribution in [1.82, 2.24) is 4.98 Å². The van der Waals surface area contributed by atoms with Gasteiger partial charge in [0.15, 0.2) is 5.82 Å². The standard InChI is InChI=1S/C9H5BrFIN2/c10-5-6(11)7(12)8(13)4-2-1-3-14-9(4)5/h1-3H,13H2. The average molecular weight is 367 g/mol. The van der Waals surface area contributed by atoms with Crippen molar-refractivity contribution in [3.63, 3.8) is 0 Å². The van der Waals surface area contributed by atoms with Gasteiger partial charge in [-0.15, -0.1) is 0 Å². The second kappa shape index (κ2) is 3.62. The first kappa shape index (κ1) is 10.1. The fourth-order valence-electron chi connectivity index (χ4n) is 1.23. The van der Waals surface area contributed by atoms with Crippen molar-refractivity contribution in [2.45, 2.75) is 0 Å². The van der Waals surface area contributed by atoms with Gasteiger partial charge in [-0.25, -0.2) is 4.39 Å². The van der Waals surface area contributed by atoms with Crippen LogP contribution in [0.3, 0.4) is 0 Å². The number of halogens is 3. The molecule has 0 radical (unpaired) electrons. The largest absolute Gasteiger partial charge is 0.397 e. The summed E-state index contributed by atoms with van der Waals surface area (Å²) in [6.45, 7) is 0. The number of nitrogen functional groups attached to an aromatic ring is 1. The molecule has 0 saturated carbocycles. The summed E-state index contributed by atoms with van der Waals surface area (Å²) in [5.74, 6) is -0.352. The topological polar surface area (TPSA) is 38.9 Å². The van der Waals surface area contributed by atoms with Crippen molar-refractivity contribution < 1.29 is 4.39 Å². The molecule has 0 fully saturated rings. The molecule has 1 aromatic heterocycles. The lowest BCUT2D eigenvalue weighted by molar-refractivity contribution is 0.616. The summed E-state index contributed by atoms with van der Waals surface area (Å²) in [6.07, 6.45) is 1.61. The quantitative estimate of drug-likeness (QED) is 0.441. The molecule has 0 aliphatic carbocycles. The van der Waals surface area contributed by atoms with E-state index in [-0.39, 0.29) is 5.82 Å². The zero-order valence-corrected chi connectivity index (χ0v) is 10.6. The van der Waals surface area contributed by atoms with Crippen molar-refractivity contribution in [3.05, 3.63) is 32.2 Å². The van der Waals surface area contributed by atoms with E-state index in [2.05, 4.69) is 20.9 Å². The fraction of sp³-hybridized carbons (Fsp3) is 0. The predicted molar refractivity (Wildman–Crippen MR) is 66.5 cm³/mol. The molecule has 72 valence electrons. The summed E-state index contributed by atoms with van der Waals surface area (Å²) in [5.41, 5.74) is 6.78. The summed E-state index contributed by atoms with van der Waals surface area (Å²) in [6, 6.07) is 3.60. The molecule has 5 heteroatoms. The minimum Gasteiger partial charge on any atom is -0.397 e. The molecule has 0 amide bonds. The van der Waals surface area contributed by atoms with Gasteiger partial charge in [-0.3, -0.25) is 4.98 Å². The first-order chi connectivity index (χ1) is 6.63. The van der Waals surface area contributed by atoms with E-state index in [4.69, 9.17) is 5.73 Å². The Morgan fingerprint density at radius 3 is 2.93 bits per heavy atom. The van der Waals surface area contributed by atoms with Crippen LogP contribution in [-0.2, 0) is 0 Å². The van der Waals surface area contributed by atoms with E-state index in [0.29, 0.717) is 19.2 Å². The smallest absolute Gasteiger partial charge is 0.155 e. The number of pyridine rings is 1. The molecule has 0 unspecified atom stereocenters. The van der Waals surface area contributed by atoms with Crippen LogP contribution in [0.25, 0.3) is 10.9 Å². The van der Waals surface area contributed by atoms with Gasteiger partial charge in [-0.1, -0.05) is 0 Å². The maximum atomic E-state index is 13.5. The number of fused-ring (bicyclic) bond motifs is 1. The highest BCUT2D eigenvalue weighted by atomic mass is 127. The van der Waals surface area contributed by atoms with E-state index in [1.807, 2.05) is 28.7 Å². The molecule has 2 nitrogen and oxygen atoms in total. The van der Waals surface area contributed by atoms with Crippen LogP contribution in [0.1, 0.15) is 0 Å². The Morgan fingerprint density at radius 1 is 1.50 bits per heavy atom. The number of anilines is 1. The van der Waals surface area contributed by atoms with Crippen LogP contribution in [0.5, 0.6) is 0 Å². The van der Waals surface area contributed by atoms with Gasteiger partial charge in [0.05, 0.1) is 19.2 Å². The monoisotopic (exact) mass is 366 g/mol. The van der Waals surface area contributed by atoms with E-state index >= 15 is 0 Å². The maximum absolute atomic E-state index is 13.5. The van der Waals surface area contributed by atoms with Crippen LogP contribution in [0, 0.1) is 9.39 Å². The van der Waals surface area contributed by atoms with Gasteiger partial charge in [0, 0.05) is 11.6 Å². The highest BCUT2D eigenvalue weighted by molar-refractivity contribution is 14.1. The minimum atomic E-state index is -0.352. The molecule has 0 spiro atoms. The third-order valence-electron chi connectivity index (χ3n) is 1.93. The molecule has 1 heterocycles. The zero-order valence-electron chi connectivity index (χ0n) is 6.89. The number of hydrogen-bond donors (Lipinski definition) is 1. The Morgan fingerprint density at radius 2 is 2.21 bits per heavy atom. The fourth-order valence-corrected chi connectivity index (χ4v) is 2.68. The molecule has 14 heavy (non-hydrogen) atoms. The van der Waals surface area contributed by atoms with Crippen LogP contribution >= 0.6 is 38.5 Å². The van der Waals surface area contributed by atoms with Gasteiger partial charge >= 0.3 is 0 Å². The molecule has 2 rings (SSSR count). The maximum Gasteiger partial charge on any atom is 0.155 e. The molecule has 2 aromatic rings. The van der Waals surface area contributed by atoms with Gasteiger partial charge in [-0.05, 0) is 50.7 Å². The lowest BCUT2D eigenvalue weighted by Gasteiger charge is -2.07. The van der Waals surface area contributed by atoms with Gasteiger partial charge in [0.1, 0.15) is 0 Å². The van der Waals surface area contributed by atoms with E-state index in [0.717, 1.165) is 5.39 Å². The molecule has 0 aliphatic rings. The van der Waals surface area contributed by atoms with Crippen LogP contribution < -0.4 is 5.73 Å². The van der Waals surface area contributed by atoms with E-state index in [1.54, 1.807) is 12.3 Å². The van der Waals surface area contributed by atoms with E-state index < -0.39 is 0 Å². The van der Waals surface area contributed by atoms with Crippen molar-refractivity contribution in [2.24, 2.45) is 0 Å². The average Bonchev–Trinajstić information content (AvgIpc) is 2.23. The normalized spacial score (nSPS) is 10.8. The Kier molecular flexibility index (Phi) is 2.61. The number of benzene rings is 1. The number of aromatic nitrogens is 1. The Hall–Kier alpha value is -0.430. The summed E-state index contributed by atoms with van der Waals surface area (Å²) in [5, 5.41) is 0.769. The second-order valence-electron chi connectivity index (χ2n) is 2.76. The molecule has 0 saturated heterocycles. The summed E-state index contributed by atoms with van der Waals surface area (Å²) >= 11 is 5.05. The minimum absolute atomic E-state index is 0.352. The van der Waals surface area contributed by atoms with Crippen molar-refractivity contribution in [3.8, 4) is 0 Å². The number of nitrogens with zero attached hydrogens (tertiary/aromatic N) is 1. The summed E-state index contributed by atoms with van der Waals surface area (Å²) < 4.78 is 14.3. The van der Waals surface area contributed by atoms with Crippen LogP contribution in [-0.4, -0.2) is 4.98 Å². The molecule has 1 aromatic carbocycles. The molecule has 0 bridgehead atoms. The van der Waals surface area contributed by atoms with Crippen molar-refractivity contribution in [1.29, 1.82) is 0 Å². The van der Waals surface area contributed by atoms with Crippen molar-refractivity contribution >= 4 is 55.1 Å². The van der Waals surface area contributed by atoms with Crippen LogP contribution in [0.4, 0.5) is 10.1 Å². The van der Waals surface area contributed by atoms with E-state index in [1.165, 1.54) is 0 Å². The van der Waals surface area contributed by atoms with Crippen LogP contribution in [0.15, 0.2) is 22.8 Å². The lowest BCUT2D eigenvalue weighted by atomic mass is 10.2. The second-order valence-corrected chi connectivity index (χ2v) is 4.63. The Balaban J connectivity index is 3.02. The SMILES string of the molecule is Nc1c(I)c(F)c(Br)c2ncccc12. The molecule has 0 aliphatic heterocycles. The number of hydrogen-bond acceptors (Lipinski definition) is 2. The Labute approximate surface area is 102 Å². The third-order valence-corrected chi connectivity index (χ3v) is 3.71. The van der Waals surface area contributed by atoms with Gasteiger partial charge < -0.3 is 5.73 Å². The lowest BCUT2D eigenvalue weighted by Crippen LogP contribution is -1.97. The van der Waals surface area contributed by atoms with Crippen molar-refractivity contribution in [2.75, 3.05) is 5.73 Å². The number of rotatable bonds is 0. The Bertz CT molecular complexity index is 469. The molecule has 0 atom stereocenters. The molecular weight excluding hydrogens is 362 g/mol. The summed E-state index contributed by atoms with van der Waals surface area (Å²) in [4.78, 5) is 4.07. The number of nitrogens with two attached hydrogens (primary N) is 1. The van der Waals surface area contributed by atoms with Gasteiger partial charge in [0.2, 0.25) is 0 Å². The third kappa shape index (κ3) is 1.38. The predicted octanol–water partition coefficient (Wildman–Crippen LogP) is 3.32. The molecule has 2 N–H and O–H groups in total. The van der Waals surface area contributed by atoms with Gasteiger partial charge in [-0.2, -0.15) is 0 Å². The van der Waals surface area contributed by atoms with Crippen LogP contribution in [0.2, 0.25) is 0 Å². The zero-order chi connectivity index (χ0) is 10.3.